The lowest BCUT2D eigenvalue weighted by atomic mass is 10.3. The molecule has 5 nitrogen and oxygen atoms in total. The topological polar surface area (TPSA) is 76.3 Å². The fourth-order valence-corrected chi connectivity index (χ4v) is 3.10. The van der Waals surface area contributed by atoms with Gasteiger partial charge in [0.05, 0.1) is 0 Å². The maximum atomic E-state index is 12.0. The summed E-state index contributed by atoms with van der Waals surface area (Å²) in [5.74, 6) is 0. The van der Waals surface area contributed by atoms with Gasteiger partial charge in [-0.15, -0.1) is 24.8 Å². The Labute approximate surface area is 113 Å². The van der Waals surface area contributed by atoms with Crippen molar-refractivity contribution in [3.8, 4) is 0 Å². The van der Waals surface area contributed by atoms with Crippen molar-refractivity contribution < 1.29 is 8.42 Å². The van der Waals surface area contributed by atoms with Gasteiger partial charge in [-0.05, 0) is 18.6 Å². The highest BCUT2D eigenvalue weighted by molar-refractivity contribution is 7.89. The quantitative estimate of drug-likeness (QED) is 0.870. The predicted octanol–water partition coefficient (Wildman–Crippen LogP) is 0.647. The molecule has 98 valence electrons. The number of nitrogens with two attached hydrogens (primary N) is 1. The zero-order valence-electron chi connectivity index (χ0n) is 9.02. The van der Waals surface area contributed by atoms with E-state index in [-0.39, 0.29) is 35.8 Å². The maximum absolute atomic E-state index is 12.0. The Hall–Kier alpha value is -0.400. The zero-order chi connectivity index (χ0) is 10.9. The molecule has 1 aliphatic rings. The highest BCUT2D eigenvalue weighted by Crippen LogP contribution is 2.19. The molecule has 0 saturated carbocycles. The van der Waals surface area contributed by atoms with Crippen LogP contribution < -0.4 is 5.73 Å². The van der Waals surface area contributed by atoms with Gasteiger partial charge in [-0.1, -0.05) is 0 Å². The van der Waals surface area contributed by atoms with Gasteiger partial charge in [-0.2, -0.15) is 4.31 Å². The van der Waals surface area contributed by atoms with Crippen LogP contribution >= 0.6 is 24.8 Å². The molecule has 17 heavy (non-hydrogen) atoms. The third kappa shape index (κ3) is 3.53. The van der Waals surface area contributed by atoms with Crippen LogP contribution in [-0.2, 0) is 10.0 Å². The Morgan fingerprint density at radius 3 is 2.59 bits per heavy atom. The van der Waals surface area contributed by atoms with Gasteiger partial charge in [0.1, 0.15) is 4.90 Å². The fraction of sp³-hybridized carbons (Fsp3) is 0.444. The monoisotopic (exact) mass is 299 g/mol. The van der Waals surface area contributed by atoms with E-state index < -0.39 is 10.0 Å². The fourth-order valence-electron chi connectivity index (χ4n) is 1.62. The van der Waals surface area contributed by atoms with Crippen molar-refractivity contribution in [1.82, 2.24) is 9.29 Å². The number of nitrogens with zero attached hydrogens (tertiary/aromatic N) is 2. The number of halogens is 2. The van der Waals surface area contributed by atoms with Crippen LogP contribution in [0.4, 0.5) is 0 Å². The molecule has 1 aromatic rings. The van der Waals surface area contributed by atoms with E-state index in [9.17, 15) is 8.42 Å². The highest BCUT2D eigenvalue weighted by Gasteiger charge is 2.30. The van der Waals surface area contributed by atoms with Crippen molar-refractivity contribution in [3.63, 3.8) is 0 Å². The van der Waals surface area contributed by atoms with E-state index in [1.165, 1.54) is 10.5 Å². The molecule has 1 atom stereocenters. The Morgan fingerprint density at radius 2 is 2.12 bits per heavy atom. The molecule has 1 aliphatic heterocycles. The second kappa shape index (κ2) is 6.51. The van der Waals surface area contributed by atoms with E-state index in [0.29, 0.717) is 13.1 Å². The van der Waals surface area contributed by atoms with Gasteiger partial charge in [0.25, 0.3) is 0 Å². The molecule has 2 N–H and O–H groups in total. The first kappa shape index (κ1) is 16.6. The lowest BCUT2D eigenvalue weighted by molar-refractivity contribution is 0.472. The van der Waals surface area contributed by atoms with Crippen LogP contribution in [0, 0.1) is 0 Å². The molecule has 0 aliphatic carbocycles. The average Bonchev–Trinajstić information content (AvgIpc) is 2.67. The van der Waals surface area contributed by atoms with E-state index in [1.807, 2.05) is 0 Å². The summed E-state index contributed by atoms with van der Waals surface area (Å²) >= 11 is 0. The summed E-state index contributed by atoms with van der Waals surface area (Å²) in [6.07, 6.45) is 3.63. The first-order valence-electron chi connectivity index (χ1n) is 4.76. The predicted molar refractivity (Wildman–Crippen MR) is 70.1 cm³/mol. The Balaban J connectivity index is 0.00000128. The molecule has 1 saturated heterocycles. The van der Waals surface area contributed by atoms with Gasteiger partial charge in [0.15, 0.2) is 0 Å². The second-order valence-corrected chi connectivity index (χ2v) is 5.54. The maximum Gasteiger partial charge on any atom is 0.244 e. The molecular weight excluding hydrogens is 285 g/mol. The second-order valence-electron chi connectivity index (χ2n) is 3.60. The third-order valence-electron chi connectivity index (χ3n) is 2.46. The molecule has 8 heteroatoms. The first-order chi connectivity index (χ1) is 7.10. The zero-order valence-corrected chi connectivity index (χ0v) is 11.5. The van der Waals surface area contributed by atoms with Gasteiger partial charge >= 0.3 is 0 Å². The van der Waals surface area contributed by atoms with Crippen LogP contribution in [-0.4, -0.2) is 36.8 Å². The molecule has 1 fully saturated rings. The average molecular weight is 300 g/mol. The molecule has 0 spiro atoms. The number of hydrogen-bond donors (Lipinski definition) is 1. The van der Waals surface area contributed by atoms with Crippen LogP contribution in [0.5, 0.6) is 0 Å². The van der Waals surface area contributed by atoms with Gasteiger partial charge < -0.3 is 5.73 Å². The normalized spacial score (nSPS) is 20.4. The van der Waals surface area contributed by atoms with E-state index in [1.54, 1.807) is 18.3 Å². The summed E-state index contributed by atoms with van der Waals surface area (Å²) in [4.78, 5) is 4.04. The van der Waals surface area contributed by atoms with E-state index in [2.05, 4.69) is 4.98 Å². The summed E-state index contributed by atoms with van der Waals surface area (Å²) in [5, 5.41) is 0. The SMILES string of the molecule is Cl.Cl.N[C@@H]1CCN(S(=O)(=O)c2cccnc2)C1. The Bertz CT molecular complexity index is 441. The number of aromatic nitrogens is 1. The largest absolute Gasteiger partial charge is 0.326 e. The number of rotatable bonds is 2. The minimum absolute atomic E-state index is 0. The number of hydrogen-bond acceptors (Lipinski definition) is 4. The minimum atomic E-state index is -3.38. The van der Waals surface area contributed by atoms with Crippen LogP contribution in [0.1, 0.15) is 6.42 Å². The summed E-state index contributed by atoms with van der Waals surface area (Å²) in [5.41, 5.74) is 5.68. The van der Waals surface area contributed by atoms with E-state index >= 15 is 0 Å². The lowest BCUT2D eigenvalue weighted by Crippen LogP contribution is -2.31. The van der Waals surface area contributed by atoms with E-state index in [0.717, 1.165) is 6.42 Å². The summed E-state index contributed by atoms with van der Waals surface area (Å²) in [6.45, 7) is 0.898. The minimum Gasteiger partial charge on any atom is -0.326 e. The van der Waals surface area contributed by atoms with Crippen molar-refractivity contribution >= 4 is 34.8 Å². The van der Waals surface area contributed by atoms with Gasteiger partial charge in [0.2, 0.25) is 10.0 Å². The first-order valence-corrected chi connectivity index (χ1v) is 6.20. The van der Waals surface area contributed by atoms with Gasteiger partial charge in [-0.3, -0.25) is 4.98 Å². The molecule has 0 radical (unpaired) electrons. The Morgan fingerprint density at radius 1 is 1.41 bits per heavy atom. The Kier molecular flexibility index (Phi) is 6.36. The van der Waals surface area contributed by atoms with Crippen molar-refractivity contribution in [2.24, 2.45) is 5.73 Å². The third-order valence-corrected chi connectivity index (χ3v) is 4.31. The van der Waals surface area contributed by atoms with Crippen molar-refractivity contribution in [2.45, 2.75) is 17.4 Å². The van der Waals surface area contributed by atoms with Crippen molar-refractivity contribution in [3.05, 3.63) is 24.5 Å². The van der Waals surface area contributed by atoms with Gasteiger partial charge in [0, 0.05) is 31.5 Å². The molecule has 2 heterocycles. The molecule has 0 unspecified atom stereocenters. The van der Waals surface area contributed by atoms with Crippen molar-refractivity contribution in [1.29, 1.82) is 0 Å². The van der Waals surface area contributed by atoms with Crippen LogP contribution in [0.15, 0.2) is 29.4 Å². The number of sulfonamides is 1. The smallest absolute Gasteiger partial charge is 0.244 e. The van der Waals surface area contributed by atoms with Crippen LogP contribution in [0.3, 0.4) is 0 Å². The van der Waals surface area contributed by atoms with Crippen molar-refractivity contribution in [2.75, 3.05) is 13.1 Å². The van der Waals surface area contributed by atoms with Crippen LogP contribution in [0.2, 0.25) is 0 Å². The lowest BCUT2D eigenvalue weighted by Gasteiger charge is -2.15. The molecule has 2 rings (SSSR count). The van der Waals surface area contributed by atoms with E-state index in [4.69, 9.17) is 5.73 Å². The molecule has 0 bridgehead atoms. The highest BCUT2D eigenvalue weighted by atomic mass is 35.5. The van der Waals surface area contributed by atoms with Crippen LogP contribution in [0.25, 0.3) is 0 Å². The number of pyridine rings is 1. The summed E-state index contributed by atoms with van der Waals surface area (Å²) < 4.78 is 25.4. The summed E-state index contributed by atoms with van der Waals surface area (Å²) in [7, 11) is -3.38. The molecule has 0 aromatic carbocycles. The molecule has 1 aromatic heterocycles. The molecule has 0 amide bonds. The molecular formula is C9H15Cl2N3O2S. The van der Waals surface area contributed by atoms with Gasteiger partial charge in [-0.25, -0.2) is 8.42 Å². The summed E-state index contributed by atoms with van der Waals surface area (Å²) in [6, 6.07) is 3.12. The standard InChI is InChI=1S/C9H13N3O2S.2ClH/c10-8-3-5-12(7-8)15(13,14)9-2-1-4-11-6-9;;/h1-2,4,6,8H,3,5,7,10H2;2*1H/t8-;;/m1../s1.